The van der Waals surface area contributed by atoms with E-state index in [4.69, 9.17) is 16.3 Å². The SMILES string of the molecule is COc1ccc(-c2nc(CC(=O)N3CCC(O)(c4ccc(Cl)cc4)CC3)cs2)cc1. The fourth-order valence-corrected chi connectivity index (χ4v) is 4.65. The van der Waals surface area contributed by atoms with Gasteiger partial charge < -0.3 is 14.7 Å². The lowest BCUT2D eigenvalue weighted by molar-refractivity contribution is -0.135. The molecule has 5 nitrogen and oxygen atoms in total. The van der Waals surface area contributed by atoms with Gasteiger partial charge in [-0.3, -0.25) is 4.79 Å². The largest absolute Gasteiger partial charge is 0.497 e. The first-order valence-corrected chi connectivity index (χ1v) is 11.1. The molecule has 1 aromatic heterocycles. The fourth-order valence-electron chi connectivity index (χ4n) is 3.70. The van der Waals surface area contributed by atoms with Gasteiger partial charge in [-0.1, -0.05) is 23.7 Å². The molecule has 1 amide bonds. The van der Waals surface area contributed by atoms with Crippen LogP contribution in [0.4, 0.5) is 0 Å². The molecule has 0 bridgehead atoms. The van der Waals surface area contributed by atoms with Gasteiger partial charge in [0.15, 0.2) is 0 Å². The van der Waals surface area contributed by atoms with Crippen LogP contribution in [-0.4, -0.2) is 41.1 Å². The van der Waals surface area contributed by atoms with Gasteiger partial charge in [0.25, 0.3) is 0 Å². The standard InChI is InChI=1S/C23H23ClN2O3S/c1-29-20-8-2-16(3-9-20)22-25-19(15-30-22)14-21(27)26-12-10-23(28,11-13-26)17-4-6-18(24)7-5-17/h2-9,15,28H,10-14H2,1H3. The van der Waals surface area contributed by atoms with Crippen molar-refractivity contribution in [2.45, 2.75) is 24.9 Å². The topological polar surface area (TPSA) is 62.7 Å². The number of carbonyl (C=O) groups excluding carboxylic acids is 1. The highest BCUT2D eigenvalue weighted by Crippen LogP contribution is 2.34. The maximum Gasteiger partial charge on any atom is 0.228 e. The second-order valence-corrected chi connectivity index (χ2v) is 8.76. The molecule has 0 saturated carbocycles. The quantitative estimate of drug-likeness (QED) is 0.630. The van der Waals surface area contributed by atoms with Gasteiger partial charge in [-0.25, -0.2) is 4.98 Å². The van der Waals surface area contributed by atoms with Crippen LogP contribution in [0.3, 0.4) is 0 Å². The highest BCUT2D eigenvalue weighted by molar-refractivity contribution is 7.13. The Bertz CT molecular complexity index is 1010. The molecule has 7 heteroatoms. The summed E-state index contributed by atoms with van der Waals surface area (Å²) in [5.74, 6) is 0.842. The molecule has 4 rings (SSSR count). The zero-order chi connectivity index (χ0) is 21.1. The summed E-state index contributed by atoms with van der Waals surface area (Å²) in [6.07, 6.45) is 1.29. The first-order valence-electron chi connectivity index (χ1n) is 9.82. The maximum atomic E-state index is 12.8. The Kier molecular flexibility index (Phi) is 6.09. The van der Waals surface area contributed by atoms with Crippen molar-refractivity contribution in [3.63, 3.8) is 0 Å². The molecule has 156 valence electrons. The molecular formula is C23H23ClN2O3S. The van der Waals surface area contributed by atoms with Crippen molar-refractivity contribution in [3.05, 3.63) is 70.2 Å². The molecule has 3 aromatic rings. The Morgan fingerprint density at radius 1 is 1.17 bits per heavy atom. The predicted octanol–water partition coefficient (Wildman–Crippen LogP) is 4.52. The average Bonchev–Trinajstić information content (AvgIpc) is 3.23. The van der Waals surface area contributed by atoms with Gasteiger partial charge in [0.1, 0.15) is 10.8 Å². The van der Waals surface area contributed by atoms with Gasteiger partial charge in [-0.2, -0.15) is 0 Å². The van der Waals surface area contributed by atoms with Crippen molar-refractivity contribution >= 4 is 28.8 Å². The van der Waals surface area contributed by atoms with E-state index in [9.17, 15) is 9.90 Å². The van der Waals surface area contributed by atoms with Crippen LogP contribution in [0.5, 0.6) is 5.75 Å². The fraction of sp³-hybridized carbons (Fsp3) is 0.304. The number of ether oxygens (including phenoxy) is 1. The van der Waals surface area contributed by atoms with E-state index < -0.39 is 5.60 Å². The van der Waals surface area contributed by atoms with E-state index in [1.165, 1.54) is 11.3 Å². The normalized spacial score (nSPS) is 15.8. The number of nitrogens with zero attached hydrogens (tertiary/aromatic N) is 2. The Hall–Kier alpha value is -2.41. The summed E-state index contributed by atoms with van der Waals surface area (Å²) in [6.45, 7) is 1.04. The Morgan fingerprint density at radius 2 is 1.83 bits per heavy atom. The molecule has 0 radical (unpaired) electrons. The molecule has 1 aliphatic heterocycles. The smallest absolute Gasteiger partial charge is 0.228 e. The number of thiazole rings is 1. The summed E-state index contributed by atoms with van der Waals surface area (Å²) in [6, 6.07) is 15.0. The van der Waals surface area contributed by atoms with Gasteiger partial charge in [0.2, 0.25) is 5.91 Å². The number of carbonyl (C=O) groups is 1. The van der Waals surface area contributed by atoms with Crippen LogP contribution in [0.15, 0.2) is 53.9 Å². The van der Waals surface area contributed by atoms with Crippen LogP contribution in [-0.2, 0) is 16.8 Å². The number of hydrogen-bond donors (Lipinski definition) is 1. The number of aromatic nitrogens is 1. The molecule has 0 spiro atoms. The van der Waals surface area contributed by atoms with Gasteiger partial charge >= 0.3 is 0 Å². The second-order valence-electron chi connectivity index (χ2n) is 7.47. The number of amides is 1. The van der Waals surface area contributed by atoms with Crippen molar-refractivity contribution in [1.29, 1.82) is 0 Å². The number of methoxy groups -OCH3 is 1. The van der Waals surface area contributed by atoms with Crippen LogP contribution >= 0.6 is 22.9 Å². The maximum absolute atomic E-state index is 12.8. The molecule has 1 N–H and O–H groups in total. The van der Waals surface area contributed by atoms with Crippen LogP contribution in [0.2, 0.25) is 5.02 Å². The van der Waals surface area contributed by atoms with Gasteiger partial charge in [-0.05, 0) is 54.8 Å². The third-order valence-electron chi connectivity index (χ3n) is 5.55. The third kappa shape index (κ3) is 4.51. The number of halogens is 1. The van der Waals surface area contributed by atoms with Crippen LogP contribution in [0.25, 0.3) is 10.6 Å². The van der Waals surface area contributed by atoms with E-state index in [1.54, 1.807) is 19.2 Å². The minimum Gasteiger partial charge on any atom is -0.497 e. The van der Waals surface area contributed by atoms with Crippen molar-refractivity contribution < 1.29 is 14.6 Å². The summed E-state index contributed by atoms with van der Waals surface area (Å²) in [4.78, 5) is 19.2. The molecule has 2 aromatic carbocycles. The molecule has 1 saturated heterocycles. The van der Waals surface area contributed by atoms with E-state index in [-0.39, 0.29) is 12.3 Å². The van der Waals surface area contributed by atoms with Gasteiger partial charge in [-0.15, -0.1) is 11.3 Å². The molecule has 1 fully saturated rings. The highest BCUT2D eigenvalue weighted by Gasteiger charge is 2.35. The average molecular weight is 443 g/mol. The molecule has 2 heterocycles. The lowest BCUT2D eigenvalue weighted by Gasteiger charge is -2.38. The number of likely N-dealkylation sites (tertiary alicyclic amines) is 1. The van der Waals surface area contributed by atoms with E-state index in [0.717, 1.165) is 27.6 Å². The van der Waals surface area contributed by atoms with E-state index in [0.29, 0.717) is 31.0 Å². The second kappa shape index (κ2) is 8.76. The number of aliphatic hydroxyl groups is 1. The number of rotatable bonds is 5. The molecular weight excluding hydrogens is 420 g/mol. The first-order chi connectivity index (χ1) is 14.5. The molecule has 0 aliphatic carbocycles. The van der Waals surface area contributed by atoms with E-state index in [2.05, 4.69) is 4.98 Å². The van der Waals surface area contributed by atoms with Crippen molar-refractivity contribution in [1.82, 2.24) is 9.88 Å². The Balaban J connectivity index is 1.36. The minimum atomic E-state index is -0.913. The van der Waals surface area contributed by atoms with Crippen molar-refractivity contribution in [2.24, 2.45) is 0 Å². The van der Waals surface area contributed by atoms with Crippen LogP contribution in [0, 0.1) is 0 Å². The zero-order valence-corrected chi connectivity index (χ0v) is 18.2. The van der Waals surface area contributed by atoms with Gasteiger partial charge in [0.05, 0.1) is 24.8 Å². The van der Waals surface area contributed by atoms with Crippen LogP contribution < -0.4 is 4.74 Å². The van der Waals surface area contributed by atoms with Gasteiger partial charge in [0, 0.05) is 29.1 Å². The lowest BCUT2D eigenvalue weighted by Crippen LogP contribution is -2.45. The summed E-state index contributed by atoms with van der Waals surface area (Å²) in [5.41, 5.74) is 1.71. The van der Waals surface area contributed by atoms with Crippen LogP contribution in [0.1, 0.15) is 24.1 Å². The molecule has 0 unspecified atom stereocenters. The summed E-state index contributed by atoms with van der Waals surface area (Å²) in [5, 5.41) is 14.5. The summed E-state index contributed by atoms with van der Waals surface area (Å²) >= 11 is 7.48. The third-order valence-corrected chi connectivity index (χ3v) is 6.74. The number of piperidine rings is 1. The summed E-state index contributed by atoms with van der Waals surface area (Å²) < 4.78 is 5.19. The molecule has 30 heavy (non-hydrogen) atoms. The molecule has 0 atom stereocenters. The Morgan fingerprint density at radius 3 is 2.47 bits per heavy atom. The number of benzene rings is 2. The zero-order valence-electron chi connectivity index (χ0n) is 16.7. The van der Waals surface area contributed by atoms with Crippen molar-refractivity contribution in [3.8, 4) is 16.3 Å². The number of hydrogen-bond acceptors (Lipinski definition) is 5. The van der Waals surface area contributed by atoms with E-state index >= 15 is 0 Å². The predicted molar refractivity (Wildman–Crippen MR) is 119 cm³/mol. The molecule has 1 aliphatic rings. The summed E-state index contributed by atoms with van der Waals surface area (Å²) in [7, 11) is 1.64. The minimum absolute atomic E-state index is 0.0414. The lowest BCUT2D eigenvalue weighted by atomic mass is 9.84. The monoisotopic (exact) mass is 442 g/mol. The Labute approximate surface area is 184 Å². The van der Waals surface area contributed by atoms with E-state index in [1.807, 2.05) is 46.7 Å². The first kappa shape index (κ1) is 20.8. The van der Waals surface area contributed by atoms with Crippen molar-refractivity contribution in [2.75, 3.05) is 20.2 Å². The highest BCUT2D eigenvalue weighted by atomic mass is 35.5.